The second-order valence-electron chi connectivity index (χ2n) is 9.17. The van der Waals surface area contributed by atoms with Gasteiger partial charge in [-0.25, -0.2) is 14.4 Å². The van der Waals surface area contributed by atoms with Crippen LogP contribution in [0.2, 0.25) is 0 Å². The van der Waals surface area contributed by atoms with Crippen LogP contribution in [0.1, 0.15) is 42.5 Å². The normalized spacial score (nSPS) is 18.4. The molecule has 0 bridgehead atoms. The second kappa shape index (κ2) is 10.4. The zero-order valence-electron chi connectivity index (χ0n) is 19.7. The monoisotopic (exact) mass is 468 g/mol. The van der Waals surface area contributed by atoms with Gasteiger partial charge >= 0.3 is 0 Å². The molecule has 2 atom stereocenters. The third kappa shape index (κ3) is 5.28. The Balaban J connectivity index is 1.63. The number of primary amides is 1. The van der Waals surface area contributed by atoms with Crippen LogP contribution in [0.5, 0.6) is 0 Å². The summed E-state index contributed by atoms with van der Waals surface area (Å²) in [7, 11) is 4.09. The third-order valence-corrected chi connectivity index (χ3v) is 6.30. The maximum atomic E-state index is 14.8. The van der Waals surface area contributed by atoms with E-state index >= 15 is 0 Å². The quantitative estimate of drug-likeness (QED) is 0.380. The van der Waals surface area contributed by atoms with E-state index in [1.54, 1.807) is 12.3 Å². The summed E-state index contributed by atoms with van der Waals surface area (Å²) in [6, 6.07) is 4.74. The van der Waals surface area contributed by atoms with Gasteiger partial charge in [-0.05, 0) is 58.1 Å². The number of nitrogens with two attached hydrogens (primary N) is 2. The smallest absolute Gasteiger partial charge is 0.252 e. The molecule has 182 valence electrons. The van der Waals surface area contributed by atoms with E-state index in [0.29, 0.717) is 5.69 Å². The molecule has 0 spiro atoms. The zero-order chi connectivity index (χ0) is 24.2. The first-order valence-electron chi connectivity index (χ1n) is 11.7. The SMILES string of the molecule is CN(C)CCCn1ccc2c(Nc3nc(NC4CCCCC4N)c(F)cc3C(N)=O)ccnc21. The topological polar surface area (TPSA) is 127 Å². The molecule has 2 unspecified atom stereocenters. The Morgan fingerprint density at radius 1 is 1.26 bits per heavy atom. The average molecular weight is 469 g/mol. The summed E-state index contributed by atoms with van der Waals surface area (Å²) in [5, 5.41) is 7.20. The maximum absolute atomic E-state index is 14.8. The third-order valence-electron chi connectivity index (χ3n) is 6.30. The Labute approximate surface area is 198 Å². The van der Waals surface area contributed by atoms with Crippen LogP contribution < -0.4 is 22.1 Å². The van der Waals surface area contributed by atoms with E-state index in [0.717, 1.165) is 62.3 Å². The van der Waals surface area contributed by atoms with E-state index in [9.17, 15) is 9.18 Å². The predicted octanol–water partition coefficient (Wildman–Crippen LogP) is 3.05. The van der Waals surface area contributed by atoms with Crippen molar-refractivity contribution in [2.75, 3.05) is 31.3 Å². The molecule has 0 aromatic carbocycles. The van der Waals surface area contributed by atoms with Crippen molar-refractivity contribution in [3.8, 4) is 0 Å². The molecule has 3 aromatic rings. The van der Waals surface area contributed by atoms with Crippen molar-refractivity contribution < 1.29 is 9.18 Å². The van der Waals surface area contributed by atoms with Gasteiger partial charge in [-0.3, -0.25) is 4.79 Å². The Bertz CT molecular complexity index is 1160. The highest BCUT2D eigenvalue weighted by molar-refractivity contribution is 6.00. The molecule has 1 saturated carbocycles. The first-order chi connectivity index (χ1) is 16.3. The lowest BCUT2D eigenvalue weighted by molar-refractivity contribution is 0.100. The van der Waals surface area contributed by atoms with Crippen LogP contribution >= 0.6 is 0 Å². The van der Waals surface area contributed by atoms with Crippen LogP contribution in [0.3, 0.4) is 0 Å². The van der Waals surface area contributed by atoms with Crippen molar-refractivity contribution in [2.24, 2.45) is 11.5 Å². The van der Waals surface area contributed by atoms with Gasteiger partial charge in [-0.15, -0.1) is 0 Å². The number of fused-ring (bicyclic) bond motifs is 1. The minimum absolute atomic E-state index is 0.0219. The lowest BCUT2D eigenvalue weighted by atomic mass is 9.91. The number of hydrogen-bond donors (Lipinski definition) is 4. The molecule has 1 aliphatic rings. The van der Waals surface area contributed by atoms with Gasteiger partial charge in [0.25, 0.3) is 5.91 Å². The Hall–Kier alpha value is -3.24. The number of aryl methyl sites for hydroxylation is 1. The molecule has 10 heteroatoms. The van der Waals surface area contributed by atoms with E-state index in [2.05, 4.69) is 30.1 Å². The van der Waals surface area contributed by atoms with Gasteiger partial charge in [0.05, 0.1) is 11.3 Å². The molecule has 1 amide bonds. The Morgan fingerprint density at radius 3 is 2.79 bits per heavy atom. The highest BCUT2D eigenvalue weighted by Gasteiger charge is 2.24. The van der Waals surface area contributed by atoms with Crippen LogP contribution in [0.15, 0.2) is 30.6 Å². The fourth-order valence-corrected chi connectivity index (χ4v) is 4.45. The van der Waals surface area contributed by atoms with Crippen molar-refractivity contribution in [3.05, 3.63) is 42.0 Å². The van der Waals surface area contributed by atoms with E-state index < -0.39 is 11.7 Å². The number of anilines is 3. The van der Waals surface area contributed by atoms with Crippen molar-refractivity contribution >= 4 is 34.3 Å². The van der Waals surface area contributed by atoms with Crippen molar-refractivity contribution in [2.45, 2.75) is 50.7 Å². The van der Waals surface area contributed by atoms with Gasteiger partial charge in [0.1, 0.15) is 11.5 Å². The molecule has 0 radical (unpaired) electrons. The molecule has 6 N–H and O–H groups in total. The summed E-state index contributed by atoms with van der Waals surface area (Å²) in [6.45, 7) is 1.80. The Kier molecular flexibility index (Phi) is 7.28. The molecule has 0 saturated heterocycles. The number of pyridine rings is 2. The molecule has 1 aliphatic carbocycles. The summed E-state index contributed by atoms with van der Waals surface area (Å²) < 4.78 is 16.9. The van der Waals surface area contributed by atoms with Gasteiger partial charge in [0.2, 0.25) is 0 Å². The van der Waals surface area contributed by atoms with E-state index in [1.165, 1.54) is 0 Å². The predicted molar refractivity (Wildman–Crippen MR) is 133 cm³/mol. The fraction of sp³-hybridized carbons (Fsp3) is 0.458. The van der Waals surface area contributed by atoms with Crippen molar-refractivity contribution in [1.29, 1.82) is 0 Å². The molecule has 3 heterocycles. The van der Waals surface area contributed by atoms with Crippen LogP contribution in [0.4, 0.5) is 21.7 Å². The molecule has 34 heavy (non-hydrogen) atoms. The molecule has 4 rings (SSSR count). The number of rotatable bonds is 9. The minimum Gasteiger partial charge on any atom is -0.365 e. The number of carbonyl (C=O) groups excluding carboxylic acids is 1. The van der Waals surface area contributed by atoms with E-state index in [4.69, 9.17) is 11.5 Å². The van der Waals surface area contributed by atoms with Gasteiger partial charge < -0.3 is 31.6 Å². The molecular formula is C24H33FN8O. The zero-order valence-corrected chi connectivity index (χ0v) is 19.7. The molecular weight excluding hydrogens is 435 g/mol. The summed E-state index contributed by atoms with van der Waals surface area (Å²) in [4.78, 5) is 23.2. The van der Waals surface area contributed by atoms with Crippen LogP contribution in [-0.2, 0) is 6.54 Å². The number of hydrogen-bond acceptors (Lipinski definition) is 7. The first-order valence-corrected chi connectivity index (χ1v) is 11.7. The van der Waals surface area contributed by atoms with Crippen LogP contribution in [0, 0.1) is 5.82 Å². The standard InChI is InChI=1S/C24H33FN8O/c1-32(2)11-5-12-33-13-9-15-19(8-10-28-24(15)33)29-22-16(21(27)34)14-17(25)23(31-22)30-20-7-4-3-6-18(20)26/h8-10,13-14,18,20H,3-7,11-12,26H2,1-2H3,(H2,27,34)(H2,28,29,30,31). The lowest BCUT2D eigenvalue weighted by Gasteiger charge is -2.30. The molecule has 9 nitrogen and oxygen atoms in total. The number of amides is 1. The molecule has 0 aliphatic heterocycles. The highest BCUT2D eigenvalue weighted by atomic mass is 19.1. The highest BCUT2D eigenvalue weighted by Crippen LogP contribution is 2.30. The molecule has 1 fully saturated rings. The van der Waals surface area contributed by atoms with E-state index in [1.807, 2.05) is 26.4 Å². The fourth-order valence-electron chi connectivity index (χ4n) is 4.45. The van der Waals surface area contributed by atoms with Crippen LogP contribution in [-0.4, -0.2) is 58.1 Å². The van der Waals surface area contributed by atoms with Gasteiger partial charge in [-0.2, -0.15) is 0 Å². The number of nitrogens with one attached hydrogen (secondary N) is 2. The van der Waals surface area contributed by atoms with E-state index in [-0.39, 0.29) is 29.3 Å². The van der Waals surface area contributed by atoms with Crippen molar-refractivity contribution in [1.82, 2.24) is 19.4 Å². The number of nitrogens with zero attached hydrogens (tertiary/aromatic N) is 4. The summed E-state index contributed by atoms with van der Waals surface area (Å²) >= 11 is 0. The van der Waals surface area contributed by atoms with Crippen LogP contribution in [0.25, 0.3) is 11.0 Å². The van der Waals surface area contributed by atoms with Gasteiger partial charge in [0.15, 0.2) is 11.6 Å². The minimum atomic E-state index is -0.763. The van der Waals surface area contributed by atoms with Crippen molar-refractivity contribution in [3.63, 3.8) is 0 Å². The largest absolute Gasteiger partial charge is 0.365 e. The summed E-state index contributed by atoms with van der Waals surface area (Å²) in [5.41, 5.74) is 13.3. The second-order valence-corrected chi connectivity index (χ2v) is 9.17. The lowest BCUT2D eigenvalue weighted by Crippen LogP contribution is -2.43. The average Bonchev–Trinajstić information content (AvgIpc) is 3.21. The summed E-state index contributed by atoms with van der Waals surface area (Å²) in [6.07, 6.45) is 8.48. The summed E-state index contributed by atoms with van der Waals surface area (Å²) in [5.74, 6) is -1.15. The molecule has 3 aromatic heterocycles. The maximum Gasteiger partial charge on any atom is 0.252 e. The van der Waals surface area contributed by atoms with Gasteiger partial charge in [-0.1, -0.05) is 12.8 Å². The Morgan fingerprint density at radius 2 is 2.06 bits per heavy atom. The number of aromatic nitrogens is 3. The first kappa shape index (κ1) is 23.9. The number of carbonyl (C=O) groups is 1. The number of halogens is 1. The van der Waals surface area contributed by atoms with Gasteiger partial charge in [0, 0.05) is 36.4 Å².